The van der Waals surface area contributed by atoms with Gasteiger partial charge in [-0.05, 0) is 31.2 Å². The van der Waals surface area contributed by atoms with Gasteiger partial charge in [-0.25, -0.2) is 0 Å². The first kappa shape index (κ1) is 15.7. The molecular formula is C15H18N4O3S. The van der Waals surface area contributed by atoms with Gasteiger partial charge in [-0.2, -0.15) is 0 Å². The summed E-state index contributed by atoms with van der Waals surface area (Å²) in [5.41, 5.74) is 1.04. The molecule has 3 rings (SSSR count). The van der Waals surface area contributed by atoms with E-state index in [0.29, 0.717) is 0 Å². The zero-order valence-corrected chi connectivity index (χ0v) is 14.0. The summed E-state index contributed by atoms with van der Waals surface area (Å²) in [5.74, 6) is 1.34. The number of carbonyl (C=O) groups is 1. The summed E-state index contributed by atoms with van der Waals surface area (Å²) in [5, 5.41) is 8.89. The van der Waals surface area contributed by atoms with Crippen molar-refractivity contribution in [3.63, 3.8) is 0 Å². The molecule has 1 atom stereocenters. The van der Waals surface area contributed by atoms with Gasteiger partial charge in [-0.3, -0.25) is 9.36 Å². The number of thioether (sulfide) groups is 1. The van der Waals surface area contributed by atoms with Crippen LogP contribution in [0.15, 0.2) is 29.4 Å². The van der Waals surface area contributed by atoms with Crippen molar-refractivity contribution in [1.29, 1.82) is 0 Å². The van der Waals surface area contributed by atoms with Crippen LogP contribution in [-0.2, 0) is 16.1 Å². The van der Waals surface area contributed by atoms with Crippen LogP contribution in [0.3, 0.4) is 0 Å². The topological polar surface area (TPSA) is 69.5 Å². The predicted octanol–water partition coefficient (Wildman–Crippen LogP) is 2.09. The van der Waals surface area contributed by atoms with E-state index in [0.717, 1.165) is 35.6 Å². The van der Waals surface area contributed by atoms with Gasteiger partial charge in [0.05, 0.1) is 14.2 Å². The highest BCUT2D eigenvalue weighted by molar-refractivity contribution is 8.00. The highest BCUT2D eigenvalue weighted by Gasteiger charge is 2.28. The number of ether oxygens (including phenoxy) is 2. The Kier molecular flexibility index (Phi) is 4.42. The predicted molar refractivity (Wildman–Crippen MR) is 87.4 cm³/mol. The molecule has 1 aromatic carbocycles. The van der Waals surface area contributed by atoms with E-state index >= 15 is 0 Å². The summed E-state index contributed by atoms with van der Waals surface area (Å²) < 4.78 is 12.0. The van der Waals surface area contributed by atoms with E-state index < -0.39 is 0 Å². The monoisotopic (exact) mass is 334 g/mol. The number of benzene rings is 1. The van der Waals surface area contributed by atoms with Gasteiger partial charge in [-0.15, -0.1) is 10.2 Å². The maximum absolute atomic E-state index is 11.6. The van der Waals surface area contributed by atoms with Crippen LogP contribution in [0.4, 0.5) is 11.6 Å². The third-order valence-electron chi connectivity index (χ3n) is 3.69. The summed E-state index contributed by atoms with van der Waals surface area (Å²) >= 11 is 1.36. The zero-order chi connectivity index (χ0) is 16.4. The summed E-state index contributed by atoms with van der Waals surface area (Å²) in [6, 6.07) is 7.83. The van der Waals surface area contributed by atoms with Crippen LogP contribution in [0.1, 0.15) is 6.92 Å². The molecule has 7 nitrogen and oxygen atoms in total. The molecule has 0 unspecified atom stereocenters. The SMILES string of the molecule is COC(=O)[C@H](C)Sc1nnc2n1CCN2c1ccc(OC)cc1. The normalized spacial score (nSPS) is 14.5. The number of esters is 1. The van der Waals surface area contributed by atoms with Crippen LogP contribution >= 0.6 is 11.8 Å². The lowest BCUT2D eigenvalue weighted by molar-refractivity contribution is -0.139. The number of anilines is 2. The Bertz CT molecular complexity index is 701. The smallest absolute Gasteiger partial charge is 0.318 e. The molecule has 0 aliphatic carbocycles. The third kappa shape index (κ3) is 2.98. The van der Waals surface area contributed by atoms with Gasteiger partial charge < -0.3 is 14.4 Å². The van der Waals surface area contributed by atoms with Gasteiger partial charge in [0.2, 0.25) is 5.95 Å². The Balaban J connectivity index is 1.80. The van der Waals surface area contributed by atoms with Crippen molar-refractivity contribution < 1.29 is 14.3 Å². The quantitative estimate of drug-likeness (QED) is 0.612. The second kappa shape index (κ2) is 6.49. The molecule has 0 saturated carbocycles. The Morgan fingerprint density at radius 2 is 1.96 bits per heavy atom. The number of methoxy groups -OCH3 is 2. The highest BCUT2D eigenvalue weighted by Crippen LogP contribution is 2.34. The van der Waals surface area contributed by atoms with Crippen LogP contribution in [0.25, 0.3) is 0 Å². The Morgan fingerprint density at radius 3 is 2.61 bits per heavy atom. The second-order valence-electron chi connectivity index (χ2n) is 5.07. The van der Waals surface area contributed by atoms with Crippen molar-refractivity contribution in [2.75, 3.05) is 25.7 Å². The second-order valence-corrected chi connectivity index (χ2v) is 6.38. The van der Waals surface area contributed by atoms with Crippen molar-refractivity contribution in [2.24, 2.45) is 0 Å². The number of rotatable bonds is 5. The highest BCUT2D eigenvalue weighted by atomic mass is 32.2. The molecule has 0 bridgehead atoms. The van der Waals surface area contributed by atoms with Crippen LogP contribution in [0.5, 0.6) is 5.75 Å². The molecule has 8 heteroatoms. The molecule has 23 heavy (non-hydrogen) atoms. The van der Waals surface area contributed by atoms with E-state index in [1.54, 1.807) is 14.0 Å². The first-order valence-electron chi connectivity index (χ1n) is 7.23. The number of aromatic nitrogens is 3. The fraction of sp³-hybridized carbons (Fsp3) is 0.400. The molecule has 0 spiro atoms. The lowest BCUT2D eigenvalue weighted by Gasteiger charge is -2.15. The Morgan fingerprint density at radius 1 is 1.22 bits per heavy atom. The molecule has 0 fully saturated rings. The van der Waals surface area contributed by atoms with Crippen LogP contribution < -0.4 is 9.64 Å². The largest absolute Gasteiger partial charge is 0.497 e. The summed E-state index contributed by atoms with van der Waals surface area (Å²) in [6.45, 7) is 3.40. The van der Waals surface area contributed by atoms with Gasteiger partial charge in [-0.1, -0.05) is 11.8 Å². The van der Waals surface area contributed by atoms with E-state index in [4.69, 9.17) is 9.47 Å². The van der Waals surface area contributed by atoms with Crippen LogP contribution in [0, 0.1) is 0 Å². The molecule has 2 aromatic rings. The van der Waals surface area contributed by atoms with E-state index in [1.165, 1.54) is 18.9 Å². The number of fused-ring (bicyclic) bond motifs is 1. The molecule has 0 amide bonds. The third-order valence-corrected chi connectivity index (χ3v) is 4.74. The molecule has 2 heterocycles. The lowest BCUT2D eigenvalue weighted by Crippen LogP contribution is -2.15. The van der Waals surface area contributed by atoms with Crippen molar-refractivity contribution in [3.05, 3.63) is 24.3 Å². The van der Waals surface area contributed by atoms with Crippen LogP contribution in [0.2, 0.25) is 0 Å². The zero-order valence-electron chi connectivity index (χ0n) is 13.2. The molecule has 122 valence electrons. The van der Waals surface area contributed by atoms with Gasteiger partial charge in [0.15, 0.2) is 5.16 Å². The fourth-order valence-corrected chi connectivity index (χ4v) is 3.34. The van der Waals surface area contributed by atoms with E-state index in [2.05, 4.69) is 15.1 Å². The first-order valence-corrected chi connectivity index (χ1v) is 8.11. The van der Waals surface area contributed by atoms with Gasteiger partial charge >= 0.3 is 5.97 Å². The van der Waals surface area contributed by atoms with Gasteiger partial charge in [0.1, 0.15) is 11.0 Å². The molecule has 1 aliphatic rings. The molecule has 0 radical (unpaired) electrons. The molecular weight excluding hydrogens is 316 g/mol. The molecule has 1 aliphatic heterocycles. The summed E-state index contributed by atoms with van der Waals surface area (Å²) in [4.78, 5) is 13.7. The fourth-order valence-electron chi connectivity index (χ4n) is 2.44. The van der Waals surface area contributed by atoms with Gasteiger partial charge in [0, 0.05) is 18.8 Å². The van der Waals surface area contributed by atoms with Crippen molar-refractivity contribution in [2.45, 2.75) is 23.9 Å². The van der Waals surface area contributed by atoms with Gasteiger partial charge in [0.25, 0.3) is 0 Å². The van der Waals surface area contributed by atoms with E-state index in [1.807, 2.05) is 28.8 Å². The summed E-state index contributed by atoms with van der Waals surface area (Å²) in [7, 11) is 3.03. The van der Waals surface area contributed by atoms with Crippen molar-refractivity contribution in [1.82, 2.24) is 14.8 Å². The molecule has 0 N–H and O–H groups in total. The average molecular weight is 334 g/mol. The number of nitrogens with zero attached hydrogens (tertiary/aromatic N) is 4. The number of hydrogen-bond donors (Lipinski definition) is 0. The molecule has 1 aromatic heterocycles. The van der Waals surface area contributed by atoms with Crippen molar-refractivity contribution in [3.8, 4) is 5.75 Å². The number of carbonyl (C=O) groups excluding carboxylic acids is 1. The average Bonchev–Trinajstić information content (AvgIpc) is 3.17. The standard InChI is InChI=1S/C15H18N4O3S/c1-10(13(20)22-3)23-15-17-16-14-18(8-9-19(14)15)11-4-6-12(21-2)7-5-11/h4-7,10H,8-9H2,1-3H3/t10-/m0/s1. The maximum atomic E-state index is 11.6. The van der Waals surface area contributed by atoms with E-state index in [9.17, 15) is 4.79 Å². The molecule has 0 saturated heterocycles. The number of hydrogen-bond acceptors (Lipinski definition) is 7. The lowest BCUT2D eigenvalue weighted by atomic mass is 10.3. The Labute approximate surface area is 138 Å². The van der Waals surface area contributed by atoms with E-state index in [-0.39, 0.29) is 11.2 Å². The van der Waals surface area contributed by atoms with Crippen LogP contribution in [-0.4, -0.2) is 46.7 Å². The minimum absolute atomic E-state index is 0.266. The summed E-state index contributed by atoms with van der Waals surface area (Å²) in [6.07, 6.45) is 0. The van der Waals surface area contributed by atoms with Crippen molar-refractivity contribution >= 4 is 29.4 Å². The maximum Gasteiger partial charge on any atom is 0.318 e. The minimum atomic E-state index is -0.316. The Hall–Kier alpha value is -2.22. The minimum Gasteiger partial charge on any atom is -0.497 e. The first-order chi connectivity index (χ1) is 11.1.